The van der Waals surface area contributed by atoms with Crippen LogP contribution in [-0.4, -0.2) is 13.3 Å². The molecule has 1 aromatic rings. The fraction of sp³-hybridized carbons (Fsp3) is 0.154. The second-order valence-electron chi connectivity index (χ2n) is 4.16. The summed E-state index contributed by atoms with van der Waals surface area (Å²) in [5, 5.41) is 0. The molecule has 0 radical (unpaired) electrons. The van der Waals surface area contributed by atoms with Crippen molar-refractivity contribution in [1.82, 2.24) is 0 Å². The van der Waals surface area contributed by atoms with Gasteiger partial charge in [-0.1, -0.05) is 22.5 Å². The van der Waals surface area contributed by atoms with Gasteiger partial charge in [0.2, 0.25) is 5.60 Å². The Kier molecular flexibility index (Phi) is 2.01. The summed E-state index contributed by atoms with van der Waals surface area (Å²) < 4.78 is 6.55. The van der Waals surface area contributed by atoms with Crippen LogP contribution < -0.4 is 4.90 Å². The molecule has 0 bridgehead atoms. The van der Waals surface area contributed by atoms with E-state index in [2.05, 4.69) is 22.5 Å². The van der Waals surface area contributed by atoms with Crippen LogP contribution in [0.15, 0.2) is 46.8 Å². The summed E-state index contributed by atoms with van der Waals surface area (Å²) in [7, 11) is 1.92. The Bertz CT molecular complexity index is 579. The minimum absolute atomic E-state index is 0.617. The molecule has 1 atom stereocenters. The molecule has 0 unspecified atom stereocenters. The predicted molar refractivity (Wildman–Crippen MR) is 68.6 cm³/mol. The van der Waals surface area contributed by atoms with Crippen molar-refractivity contribution in [3.05, 3.63) is 52.3 Å². The number of ether oxygens (including phenoxy) is 1. The molecule has 0 fully saturated rings. The van der Waals surface area contributed by atoms with Crippen molar-refractivity contribution in [3.63, 3.8) is 0 Å². The summed E-state index contributed by atoms with van der Waals surface area (Å²) in [6.45, 7) is 4.04. The van der Waals surface area contributed by atoms with Gasteiger partial charge in [0.15, 0.2) is 6.29 Å². The third kappa shape index (κ3) is 1.08. The van der Waals surface area contributed by atoms with Gasteiger partial charge in [-0.15, -0.1) is 0 Å². The van der Waals surface area contributed by atoms with E-state index in [4.69, 9.17) is 4.74 Å². The van der Waals surface area contributed by atoms with Crippen LogP contribution in [0, 0.1) is 0 Å². The van der Waals surface area contributed by atoms with Gasteiger partial charge in [0, 0.05) is 22.8 Å². The van der Waals surface area contributed by atoms with Crippen molar-refractivity contribution >= 4 is 27.9 Å². The first-order valence-corrected chi connectivity index (χ1v) is 5.97. The zero-order valence-corrected chi connectivity index (χ0v) is 10.8. The molecule has 0 saturated heterocycles. The van der Waals surface area contributed by atoms with Gasteiger partial charge in [0.1, 0.15) is 0 Å². The molecule has 4 heteroatoms. The zero-order valence-electron chi connectivity index (χ0n) is 9.24. The summed E-state index contributed by atoms with van der Waals surface area (Å²) in [5.41, 5.74) is 2.60. The lowest BCUT2D eigenvalue weighted by Gasteiger charge is -2.38. The highest BCUT2D eigenvalue weighted by Crippen LogP contribution is 2.55. The molecular weight excluding hydrogens is 282 g/mol. The number of anilines is 1. The van der Waals surface area contributed by atoms with Crippen molar-refractivity contribution in [3.8, 4) is 0 Å². The molecule has 86 valence electrons. The van der Waals surface area contributed by atoms with E-state index in [0.29, 0.717) is 5.57 Å². The Morgan fingerprint density at radius 1 is 1.53 bits per heavy atom. The molecule has 3 rings (SSSR count). The molecule has 0 aromatic heterocycles. The number of hydrogen-bond acceptors (Lipinski definition) is 3. The molecule has 2 aliphatic rings. The Labute approximate surface area is 107 Å². The van der Waals surface area contributed by atoms with Crippen LogP contribution in [-0.2, 0) is 15.1 Å². The standard InChI is InChI=1S/C13H10BrNO2/c1-8-13(9(6-16)7-17-13)11-5-10(14)3-4-12(11)15(8)2/h3-7H,1H2,2H3/t13-/m0/s1. The first-order chi connectivity index (χ1) is 8.11. The molecule has 2 aliphatic heterocycles. The second-order valence-corrected chi connectivity index (χ2v) is 5.07. The molecule has 2 heterocycles. The molecule has 0 aliphatic carbocycles. The maximum absolute atomic E-state index is 11.1. The number of fused-ring (bicyclic) bond motifs is 2. The number of aldehydes is 1. The number of nitrogens with zero attached hydrogens (tertiary/aromatic N) is 1. The van der Waals surface area contributed by atoms with Gasteiger partial charge in [-0.25, -0.2) is 0 Å². The third-order valence-electron chi connectivity index (χ3n) is 3.41. The number of likely N-dealkylation sites (N-methyl/N-ethyl adjacent to an activating group) is 1. The Balaban J connectivity index is 2.28. The molecular formula is C13H10BrNO2. The maximum Gasteiger partial charge on any atom is 0.206 e. The van der Waals surface area contributed by atoms with Crippen molar-refractivity contribution in [2.24, 2.45) is 0 Å². The summed E-state index contributed by atoms with van der Waals surface area (Å²) in [4.78, 5) is 13.0. The second kappa shape index (κ2) is 3.23. The highest BCUT2D eigenvalue weighted by atomic mass is 79.9. The third-order valence-corrected chi connectivity index (χ3v) is 3.90. The summed E-state index contributed by atoms with van der Waals surface area (Å²) in [5.74, 6) is 0. The monoisotopic (exact) mass is 291 g/mol. The SMILES string of the molecule is C=C1N(C)c2ccc(Br)cc2[C@]12OC=C2C=O. The van der Waals surface area contributed by atoms with E-state index in [9.17, 15) is 4.79 Å². The first-order valence-electron chi connectivity index (χ1n) is 5.18. The minimum atomic E-state index is -0.768. The zero-order chi connectivity index (χ0) is 12.2. The topological polar surface area (TPSA) is 29.5 Å². The van der Waals surface area contributed by atoms with Gasteiger partial charge >= 0.3 is 0 Å². The van der Waals surface area contributed by atoms with Crippen molar-refractivity contribution in [2.45, 2.75) is 5.60 Å². The summed E-state index contributed by atoms with van der Waals surface area (Å²) in [6.07, 6.45) is 2.32. The quantitative estimate of drug-likeness (QED) is 0.745. The Morgan fingerprint density at radius 2 is 2.29 bits per heavy atom. The van der Waals surface area contributed by atoms with Gasteiger partial charge in [-0.3, -0.25) is 4.79 Å². The highest BCUT2D eigenvalue weighted by Gasteiger charge is 2.54. The van der Waals surface area contributed by atoms with Gasteiger partial charge in [0.05, 0.1) is 17.5 Å². The fourth-order valence-corrected chi connectivity index (χ4v) is 2.79. The Morgan fingerprint density at radius 3 is 2.88 bits per heavy atom. The fourth-order valence-electron chi connectivity index (χ4n) is 2.43. The molecule has 0 N–H and O–H groups in total. The van der Waals surface area contributed by atoms with Crippen molar-refractivity contribution < 1.29 is 9.53 Å². The molecule has 0 amide bonds. The van der Waals surface area contributed by atoms with Crippen molar-refractivity contribution in [1.29, 1.82) is 0 Å². The van der Waals surface area contributed by atoms with Crippen LogP contribution >= 0.6 is 15.9 Å². The number of benzene rings is 1. The van der Waals surface area contributed by atoms with Crippen LogP contribution in [0.3, 0.4) is 0 Å². The lowest BCUT2D eigenvalue weighted by molar-refractivity contribution is -0.109. The van der Waals surface area contributed by atoms with Crippen LogP contribution in [0.4, 0.5) is 5.69 Å². The Hall–Kier alpha value is -1.55. The number of rotatable bonds is 1. The van der Waals surface area contributed by atoms with Gasteiger partial charge in [0.25, 0.3) is 0 Å². The van der Waals surface area contributed by atoms with Gasteiger partial charge < -0.3 is 9.64 Å². The van der Waals surface area contributed by atoms with Crippen LogP contribution in [0.5, 0.6) is 0 Å². The smallest absolute Gasteiger partial charge is 0.206 e. The van der Waals surface area contributed by atoms with E-state index < -0.39 is 5.60 Å². The van der Waals surface area contributed by atoms with E-state index in [1.807, 2.05) is 30.1 Å². The van der Waals surface area contributed by atoms with E-state index in [0.717, 1.165) is 27.7 Å². The number of halogens is 1. The molecule has 1 aromatic carbocycles. The molecule has 17 heavy (non-hydrogen) atoms. The number of carbonyl (C=O) groups excluding carboxylic acids is 1. The molecule has 3 nitrogen and oxygen atoms in total. The van der Waals surface area contributed by atoms with Gasteiger partial charge in [-0.05, 0) is 18.2 Å². The molecule has 0 saturated carbocycles. The van der Waals surface area contributed by atoms with E-state index >= 15 is 0 Å². The van der Waals surface area contributed by atoms with E-state index in [1.165, 1.54) is 6.26 Å². The maximum atomic E-state index is 11.1. The van der Waals surface area contributed by atoms with Gasteiger partial charge in [-0.2, -0.15) is 0 Å². The normalized spacial score (nSPS) is 25.2. The number of carbonyl (C=O) groups is 1. The van der Waals surface area contributed by atoms with Crippen LogP contribution in [0.2, 0.25) is 0 Å². The van der Waals surface area contributed by atoms with Crippen molar-refractivity contribution in [2.75, 3.05) is 11.9 Å². The summed E-state index contributed by atoms with van der Waals surface area (Å²) in [6, 6.07) is 5.93. The lowest BCUT2D eigenvalue weighted by Crippen LogP contribution is -2.39. The first kappa shape index (κ1) is 10.6. The summed E-state index contributed by atoms with van der Waals surface area (Å²) >= 11 is 3.44. The highest BCUT2D eigenvalue weighted by molar-refractivity contribution is 9.10. The van der Waals surface area contributed by atoms with E-state index in [1.54, 1.807) is 0 Å². The van der Waals surface area contributed by atoms with Crippen LogP contribution in [0.1, 0.15) is 5.56 Å². The minimum Gasteiger partial charge on any atom is -0.478 e. The average molecular weight is 292 g/mol. The van der Waals surface area contributed by atoms with E-state index in [-0.39, 0.29) is 0 Å². The lowest BCUT2D eigenvalue weighted by atomic mass is 9.83. The largest absolute Gasteiger partial charge is 0.478 e. The predicted octanol–water partition coefficient (Wildman–Crippen LogP) is 2.72. The number of hydrogen-bond donors (Lipinski definition) is 0. The molecule has 1 spiro atoms. The van der Waals surface area contributed by atoms with Crippen LogP contribution in [0.25, 0.3) is 0 Å². The average Bonchev–Trinajstić information content (AvgIpc) is 2.49.